The molecule has 7 nitrogen and oxygen atoms in total. The van der Waals surface area contributed by atoms with E-state index in [-0.39, 0.29) is 25.0 Å². The first-order valence-electron chi connectivity index (χ1n) is 9.41. The second-order valence-electron chi connectivity index (χ2n) is 9.03. The van der Waals surface area contributed by atoms with Gasteiger partial charge in [-0.05, 0) is 48.6 Å². The van der Waals surface area contributed by atoms with Gasteiger partial charge in [0.1, 0.15) is 11.2 Å². The van der Waals surface area contributed by atoms with E-state index in [4.69, 9.17) is 9.47 Å². The molecule has 1 saturated heterocycles. The number of rotatable bonds is 4. The van der Waals surface area contributed by atoms with Crippen molar-refractivity contribution in [1.29, 1.82) is 0 Å². The van der Waals surface area contributed by atoms with Crippen LogP contribution in [0.3, 0.4) is 0 Å². The SMILES string of the molecule is CN1CCN(CC(=O)OC(C)(C)C)CCN(CC(=O)OC(C)(C)C)CC1. The van der Waals surface area contributed by atoms with Gasteiger partial charge in [-0.15, -0.1) is 0 Å². The van der Waals surface area contributed by atoms with Crippen molar-refractivity contribution in [2.75, 3.05) is 59.4 Å². The van der Waals surface area contributed by atoms with Crippen LogP contribution < -0.4 is 0 Å². The summed E-state index contributed by atoms with van der Waals surface area (Å²) in [5, 5.41) is 0. The minimum Gasteiger partial charge on any atom is -0.459 e. The second kappa shape index (κ2) is 9.67. The van der Waals surface area contributed by atoms with Crippen LogP contribution in [0.2, 0.25) is 0 Å². The van der Waals surface area contributed by atoms with E-state index in [2.05, 4.69) is 21.7 Å². The molecule has 1 aliphatic rings. The quantitative estimate of drug-likeness (QED) is 0.689. The van der Waals surface area contributed by atoms with E-state index < -0.39 is 11.2 Å². The first kappa shape index (κ1) is 22.9. The number of hydrogen-bond acceptors (Lipinski definition) is 7. The molecule has 1 rings (SSSR count). The Labute approximate surface area is 158 Å². The molecule has 7 heteroatoms. The summed E-state index contributed by atoms with van der Waals surface area (Å²) in [7, 11) is 2.06. The highest BCUT2D eigenvalue weighted by molar-refractivity contribution is 5.72. The molecule has 0 spiro atoms. The Bertz CT molecular complexity index is 426. The topological polar surface area (TPSA) is 62.3 Å². The van der Waals surface area contributed by atoms with Crippen LogP contribution in [0.25, 0.3) is 0 Å². The lowest BCUT2D eigenvalue weighted by atomic mass is 10.2. The molecule has 0 saturated carbocycles. The summed E-state index contributed by atoms with van der Waals surface area (Å²) in [6.45, 7) is 16.6. The molecular weight excluding hydrogens is 334 g/mol. The van der Waals surface area contributed by atoms with Crippen molar-refractivity contribution in [3.63, 3.8) is 0 Å². The van der Waals surface area contributed by atoms with Crippen LogP contribution >= 0.6 is 0 Å². The van der Waals surface area contributed by atoms with Crippen LogP contribution in [0, 0.1) is 0 Å². The Balaban J connectivity index is 2.62. The molecule has 0 aromatic carbocycles. The molecule has 152 valence electrons. The molecule has 0 amide bonds. The Morgan fingerprint density at radius 1 is 0.692 bits per heavy atom. The summed E-state index contributed by atoms with van der Waals surface area (Å²) >= 11 is 0. The van der Waals surface area contributed by atoms with Gasteiger partial charge in [0.05, 0.1) is 13.1 Å². The molecule has 0 aromatic heterocycles. The van der Waals surface area contributed by atoms with Crippen molar-refractivity contribution in [2.24, 2.45) is 0 Å². The summed E-state index contributed by atoms with van der Waals surface area (Å²) in [5.41, 5.74) is -0.952. The van der Waals surface area contributed by atoms with Gasteiger partial charge in [0, 0.05) is 39.3 Å². The van der Waals surface area contributed by atoms with Crippen molar-refractivity contribution in [1.82, 2.24) is 14.7 Å². The van der Waals surface area contributed by atoms with E-state index in [1.54, 1.807) is 0 Å². The van der Waals surface area contributed by atoms with Crippen LogP contribution in [-0.4, -0.2) is 97.2 Å². The fraction of sp³-hybridized carbons (Fsp3) is 0.895. The Hall–Kier alpha value is -1.18. The molecule has 0 bridgehead atoms. The smallest absolute Gasteiger partial charge is 0.320 e. The van der Waals surface area contributed by atoms with Crippen molar-refractivity contribution < 1.29 is 19.1 Å². The number of nitrogens with zero attached hydrogens (tertiary/aromatic N) is 3. The molecule has 0 aromatic rings. The Morgan fingerprint density at radius 2 is 1.00 bits per heavy atom. The van der Waals surface area contributed by atoms with E-state index in [0.29, 0.717) is 0 Å². The highest BCUT2D eigenvalue weighted by Crippen LogP contribution is 2.09. The monoisotopic (exact) mass is 371 g/mol. The van der Waals surface area contributed by atoms with Gasteiger partial charge in [-0.1, -0.05) is 0 Å². The normalized spacial score (nSPS) is 19.3. The zero-order chi connectivity index (χ0) is 20.0. The summed E-state index contributed by atoms with van der Waals surface area (Å²) in [4.78, 5) is 30.7. The van der Waals surface area contributed by atoms with Gasteiger partial charge >= 0.3 is 11.9 Å². The molecule has 0 atom stereocenters. The van der Waals surface area contributed by atoms with Crippen molar-refractivity contribution in [3.05, 3.63) is 0 Å². The van der Waals surface area contributed by atoms with Crippen molar-refractivity contribution >= 4 is 11.9 Å². The predicted octanol–water partition coefficient (Wildman–Crippen LogP) is 1.22. The van der Waals surface area contributed by atoms with Crippen LogP contribution in [0.4, 0.5) is 0 Å². The van der Waals surface area contributed by atoms with Crippen LogP contribution in [-0.2, 0) is 19.1 Å². The number of ether oxygens (including phenoxy) is 2. The van der Waals surface area contributed by atoms with Crippen LogP contribution in [0.1, 0.15) is 41.5 Å². The largest absolute Gasteiger partial charge is 0.459 e. The number of hydrogen-bond donors (Lipinski definition) is 0. The van der Waals surface area contributed by atoms with Crippen LogP contribution in [0.15, 0.2) is 0 Å². The fourth-order valence-electron chi connectivity index (χ4n) is 2.67. The summed E-state index contributed by atoms with van der Waals surface area (Å²) in [6.07, 6.45) is 0. The summed E-state index contributed by atoms with van der Waals surface area (Å²) < 4.78 is 10.9. The third-order valence-corrected chi connectivity index (χ3v) is 3.87. The molecule has 0 radical (unpaired) electrons. The Kier molecular flexibility index (Phi) is 8.50. The van der Waals surface area contributed by atoms with E-state index >= 15 is 0 Å². The second-order valence-corrected chi connectivity index (χ2v) is 9.03. The van der Waals surface area contributed by atoms with E-state index in [9.17, 15) is 9.59 Å². The maximum absolute atomic E-state index is 12.1. The highest BCUT2D eigenvalue weighted by Gasteiger charge is 2.23. The highest BCUT2D eigenvalue weighted by atomic mass is 16.6. The van der Waals surface area contributed by atoms with Gasteiger partial charge in [-0.2, -0.15) is 0 Å². The molecule has 26 heavy (non-hydrogen) atoms. The average molecular weight is 372 g/mol. The lowest BCUT2D eigenvalue weighted by Crippen LogP contribution is -2.42. The number of esters is 2. The molecule has 1 fully saturated rings. The maximum Gasteiger partial charge on any atom is 0.320 e. The summed E-state index contributed by atoms with van der Waals surface area (Å²) in [5.74, 6) is -0.420. The van der Waals surface area contributed by atoms with Crippen molar-refractivity contribution in [2.45, 2.75) is 52.7 Å². The lowest BCUT2D eigenvalue weighted by Gasteiger charge is -2.27. The molecule has 0 unspecified atom stereocenters. The van der Waals surface area contributed by atoms with E-state index in [1.165, 1.54) is 0 Å². The molecule has 1 heterocycles. The Morgan fingerprint density at radius 3 is 1.31 bits per heavy atom. The van der Waals surface area contributed by atoms with E-state index in [0.717, 1.165) is 39.3 Å². The van der Waals surface area contributed by atoms with Gasteiger partial charge in [-0.3, -0.25) is 19.4 Å². The number of likely N-dealkylation sites (N-methyl/N-ethyl adjacent to an activating group) is 1. The fourth-order valence-corrected chi connectivity index (χ4v) is 2.67. The molecule has 0 N–H and O–H groups in total. The zero-order valence-electron chi connectivity index (χ0n) is 17.6. The number of carbonyl (C=O) groups is 2. The predicted molar refractivity (Wildman–Crippen MR) is 102 cm³/mol. The van der Waals surface area contributed by atoms with E-state index in [1.807, 2.05) is 41.5 Å². The third kappa shape index (κ3) is 10.7. The number of carbonyl (C=O) groups excluding carboxylic acids is 2. The van der Waals surface area contributed by atoms with Crippen LogP contribution in [0.5, 0.6) is 0 Å². The van der Waals surface area contributed by atoms with Crippen molar-refractivity contribution in [3.8, 4) is 0 Å². The minimum absolute atomic E-state index is 0.210. The van der Waals surface area contributed by atoms with Gasteiger partial charge < -0.3 is 14.4 Å². The summed E-state index contributed by atoms with van der Waals surface area (Å²) in [6, 6.07) is 0. The molecule has 1 aliphatic heterocycles. The van der Waals surface area contributed by atoms with Gasteiger partial charge in [0.15, 0.2) is 0 Å². The third-order valence-electron chi connectivity index (χ3n) is 3.87. The first-order valence-corrected chi connectivity index (χ1v) is 9.41. The molecular formula is C19H37N3O4. The van der Waals surface area contributed by atoms with Gasteiger partial charge in [-0.25, -0.2) is 0 Å². The lowest BCUT2D eigenvalue weighted by molar-refractivity contribution is -0.158. The first-order chi connectivity index (χ1) is 11.8. The standard InChI is InChI=1S/C19H37N3O4/c1-18(2,3)25-16(23)14-21-10-8-20(7)9-11-22(13-12-21)15-17(24)26-19(4,5)6/h8-15H2,1-7H3. The van der Waals surface area contributed by atoms with Gasteiger partial charge in [0.25, 0.3) is 0 Å². The zero-order valence-corrected chi connectivity index (χ0v) is 17.6. The maximum atomic E-state index is 12.1. The van der Waals surface area contributed by atoms with Gasteiger partial charge in [0.2, 0.25) is 0 Å². The average Bonchev–Trinajstić information content (AvgIpc) is 2.49. The minimum atomic E-state index is -0.476. The molecule has 0 aliphatic carbocycles.